The Hall–Kier alpha value is -2.74. The fourth-order valence-electron chi connectivity index (χ4n) is 2.17. The summed E-state index contributed by atoms with van der Waals surface area (Å²) in [4.78, 5) is 34.3. The van der Waals surface area contributed by atoms with Gasteiger partial charge in [0, 0.05) is 21.8 Å². The zero-order valence-electron chi connectivity index (χ0n) is 13.5. The quantitative estimate of drug-likeness (QED) is 0.462. The predicted molar refractivity (Wildman–Crippen MR) is 95.6 cm³/mol. The van der Waals surface area contributed by atoms with Crippen molar-refractivity contribution in [1.82, 2.24) is 0 Å². The number of rotatable bonds is 5. The maximum atomic E-state index is 12.1. The number of nitrogens with zero attached hydrogens (tertiary/aromatic N) is 1. The number of aryl methyl sites for hydroxylation is 1. The fourth-order valence-corrected chi connectivity index (χ4v) is 2.42. The third kappa shape index (κ3) is 4.63. The van der Waals surface area contributed by atoms with Gasteiger partial charge < -0.3 is 10.1 Å². The van der Waals surface area contributed by atoms with E-state index in [-0.39, 0.29) is 16.8 Å². The molecule has 0 aliphatic heterocycles. The van der Waals surface area contributed by atoms with Crippen molar-refractivity contribution in [2.24, 2.45) is 0 Å². The highest BCUT2D eigenvalue weighted by molar-refractivity contribution is 9.10. The summed E-state index contributed by atoms with van der Waals surface area (Å²) in [5.74, 6) is -1.29. The van der Waals surface area contributed by atoms with E-state index in [1.54, 1.807) is 18.2 Å². The first-order valence-corrected chi connectivity index (χ1v) is 8.06. The number of hydrogen-bond acceptors (Lipinski definition) is 5. The summed E-state index contributed by atoms with van der Waals surface area (Å²) in [5.41, 5.74) is 1.60. The zero-order chi connectivity index (χ0) is 18.6. The lowest BCUT2D eigenvalue weighted by atomic mass is 10.1. The summed E-state index contributed by atoms with van der Waals surface area (Å²) in [7, 11) is 0. The Bertz CT molecular complexity index is 851. The Kier molecular flexibility index (Phi) is 5.87. The van der Waals surface area contributed by atoms with Crippen LogP contribution in [-0.2, 0) is 9.53 Å². The molecule has 0 atom stereocenters. The van der Waals surface area contributed by atoms with Crippen molar-refractivity contribution >= 4 is 39.2 Å². The van der Waals surface area contributed by atoms with Crippen LogP contribution in [0.3, 0.4) is 0 Å². The van der Waals surface area contributed by atoms with Gasteiger partial charge in [0.1, 0.15) is 0 Å². The molecule has 0 aliphatic carbocycles. The van der Waals surface area contributed by atoms with Gasteiger partial charge in [-0.05, 0) is 43.7 Å². The number of carbonyl (C=O) groups is 2. The van der Waals surface area contributed by atoms with Crippen LogP contribution < -0.4 is 5.32 Å². The molecule has 0 saturated heterocycles. The molecule has 0 saturated carbocycles. The molecule has 0 fully saturated rings. The van der Waals surface area contributed by atoms with E-state index in [0.29, 0.717) is 5.69 Å². The molecule has 0 heterocycles. The van der Waals surface area contributed by atoms with Crippen molar-refractivity contribution in [2.45, 2.75) is 13.8 Å². The van der Waals surface area contributed by atoms with E-state index in [1.807, 2.05) is 6.92 Å². The maximum absolute atomic E-state index is 12.1. The Labute approximate surface area is 152 Å². The number of esters is 1. The van der Waals surface area contributed by atoms with E-state index < -0.39 is 23.4 Å². The number of carbonyl (C=O) groups excluding carboxylic acids is 2. The second-order valence-electron chi connectivity index (χ2n) is 5.30. The van der Waals surface area contributed by atoms with Crippen molar-refractivity contribution in [2.75, 3.05) is 11.9 Å². The van der Waals surface area contributed by atoms with Crippen LogP contribution in [0.5, 0.6) is 0 Å². The van der Waals surface area contributed by atoms with Gasteiger partial charge in [0.05, 0.1) is 10.5 Å². The number of nitro benzene ring substituents is 1. The lowest BCUT2D eigenvalue weighted by Gasteiger charge is -2.09. The molecular formula is C17H15BrN2O5. The topological polar surface area (TPSA) is 98.5 Å². The Morgan fingerprint density at radius 1 is 1.24 bits per heavy atom. The number of hydrogen-bond donors (Lipinski definition) is 1. The molecule has 7 nitrogen and oxygen atoms in total. The molecule has 0 unspecified atom stereocenters. The molecule has 1 N–H and O–H groups in total. The minimum atomic E-state index is -0.789. The van der Waals surface area contributed by atoms with Gasteiger partial charge >= 0.3 is 5.97 Å². The molecular weight excluding hydrogens is 392 g/mol. The van der Waals surface area contributed by atoms with E-state index in [1.165, 1.54) is 25.1 Å². The van der Waals surface area contributed by atoms with Crippen LogP contribution in [0.25, 0.3) is 0 Å². The van der Waals surface area contributed by atoms with Crippen molar-refractivity contribution < 1.29 is 19.2 Å². The van der Waals surface area contributed by atoms with Crippen LogP contribution in [0.1, 0.15) is 21.5 Å². The van der Waals surface area contributed by atoms with Crippen LogP contribution >= 0.6 is 15.9 Å². The summed E-state index contributed by atoms with van der Waals surface area (Å²) in [6, 6.07) is 9.39. The number of amides is 1. The number of nitro groups is 1. The molecule has 0 bridgehead atoms. The highest BCUT2D eigenvalue weighted by atomic mass is 79.9. The first kappa shape index (κ1) is 18.6. The first-order valence-electron chi connectivity index (χ1n) is 7.26. The lowest BCUT2D eigenvalue weighted by molar-refractivity contribution is -0.385. The monoisotopic (exact) mass is 406 g/mol. The van der Waals surface area contributed by atoms with Crippen LogP contribution in [0.2, 0.25) is 0 Å². The molecule has 1 amide bonds. The third-order valence-electron chi connectivity index (χ3n) is 3.50. The minimum Gasteiger partial charge on any atom is -0.452 e. The van der Waals surface area contributed by atoms with E-state index in [0.717, 1.165) is 10.0 Å². The molecule has 0 spiro atoms. The molecule has 8 heteroatoms. The highest BCUT2D eigenvalue weighted by Gasteiger charge is 2.19. The molecule has 2 aromatic carbocycles. The van der Waals surface area contributed by atoms with Gasteiger partial charge in [-0.2, -0.15) is 0 Å². The van der Waals surface area contributed by atoms with E-state index >= 15 is 0 Å². The molecule has 25 heavy (non-hydrogen) atoms. The average Bonchev–Trinajstić information content (AvgIpc) is 2.56. The highest BCUT2D eigenvalue weighted by Crippen LogP contribution is 2.22. The van der Waals surface area contributed by atoms with E-state index in [4.69, 9.17) is 4.74 Å². The summed E-state index contributed by atoms with van der Waals surface area (Å²) in [5, 5.41) is 13.5. The van der Waals surface area contributed by atoms with Gasteiger partial charge in [-0.25, -0.2) is 4.79 Å². The van der Waals surface area contributed by atoms with Crippen LogP contribution in [0.15, 0.2) is 40.9 Å². The lowest BCUT2D eigenvalue weighted by Crippen LogP contribution is -2.21. The molecule has 0 aliphatic rings. The van der Waals surface area contributed by atoms with E-state index in [2.05, 4.69) is 21.2 Å². The number of anilines is 1. The van der Waals surface area contributed by atoms with Crippen LogP contribution in [0, 0.1) is 24.0 Å². The van der Waals surface area contributed by atoms with Crippen molar-refractivity contribution in [3.63, 3.8) is 0 Å². The van der Waals surface area contributed by atoms with E-state index in [9.17, 15) is 19.7 Å². The number of halogens is 1. The maximum Gasteiger partial charge on any atom is 0.339 e. The molecule has 130 valence electrons. The molecule has 0 aromatic heterocycles. The second-order valence-corrected chi connectivity index (χ2v) is 6.15. The van der Waals surface area contributed by atoms with Gasteiger partial charge in [-0.3, -0.25) is 14.9 Å². The zero-order valence-corrected chi connectivity index (χ0v) is 15.1. The van der Waals surface area contributed by atoms with Crippen molar-refractivity contribution in [1.29, 1.82) is 0 Å². The average molecular weight is 407 g/mol. The van der Waals surface area contributed by atoms with Gasteiger partial charge in [0.25, 0.3) is 11.6 Å². The first-order chi connectivity index (χ1) is 11.8. The SMILES string of the molecule is Cc1cc(NC(=O)COC(=O)c2cccc([N+](=O)[O-])c2C)ccc1Br. The third-order valence-corrected chi connectivity index (χ3v) is 4.39. The summed E-state index contributed by atoms with van der Waals surface area (Å²) in [6.07, 6.45) is 0. The Morgan fingerprint density at radius 2 is 1.96 bits per heavy atom. The van der Waals surface area contributed by atoms with Gasteiger partial charge in [-0.1, -0.05) is 22.0 Å². The Balaban J connectivity index is 2.00. The second kappa shape index (κ2) is 7.89. The largest absolute Gasteiger partial charge is 0.452 e. The van der Waals surface area contributed by atoms with Crippen LogP contribution in [-0.4, -0.2) is 23.4 Å². The molecule has 0 radical (unpaired) electrons. The summed E-state index contributed by atoms with van der Waals surface area (Å²) in [6.45, 7) is 2.85. The number of ether oxygens (including phenoxy) is 1. The Morgan fingerprint density at radius 3 is 2.60 bits per heavy atom. The molecule has 2 rings (SSSR count). The number of nitrogens with one attached hydrogen (secondary N) is 1. The van der Waals surface area contributed by atoms with Gasteiger partial charge in [0.2, 0.25) is 0 Å². The van der Waals surface area contributed by atoms with Gasteiger partial charge in [0.15, 0.2) is 6.61 Å². The predicted octanol–water partition coefficient (Wildman–Crippen LogP) is 3.77. The smallest absolute Gasteiger partial charge is 0.339 e. The van der Waals surface area contributed by atoms with Crippen molar-refractivity contribution in [3.05, 3.63) is 67.7 Å². The normalized spacial score (nSPS) is 10.2. The van der Waals surface area contributed by atoms with Crippen LogP contribution in [0.4, 0.5) is 11.4 Å². The van der Waals surface area contributed by atoms with Crippen molar-refractivity contribution in [3.8, 4) is 0 Å². The summed E-state index contributed by atoms with van der Waals surface area (Å²) >= 11 is 3.36. The fraction of sp³-hybridized carbons (Fsp3) is 0.176. The van der Waals surface area contributed by atoms with Gasteiger partial charge in [-0.15, -0.1) is 0 Å². The number of benzene rings is 2. The minimum absolute atomic E-state index is 0.0569. The standard InChI is InChI=1S/C17H15BrN2O5/c1-10-8-12(6-7-14(10)18)19-16(21)9-25-17(22)13-4-3-5-15(11(13)2)20(23)24/h3-8H,9H2,1-2H3,(H,19,21). The summed E-state index contributed by atoms with van der Waals surface area (Å²) < 4.78 is 5.86. The molecule has 2 aromatic rings.